The molecule has 172 valence electrons. The van der Waals surface area contributed by atoms with Crippen LogP contribution >= 0.6 is 0 Å². The van der Waals surface area contributed by atoms with Gasteiger partial charge in [0.2, 0.25) is 0 Å². The highest BCUT2D eigenvalue weighted by molar-refractivity contribution is 6.05. The zero-order valence-electron chi connectivity index (χ0n) is 20.5. The summed E-state index contributed by atoms with van der Waals surface area (Å²) in [5.74, 6) is 0. The van der Waals surface area contributed by atoms with Gasteiger partial charge >= 0.3 is 0 Å². The maximum atomic E-state index is 3.80. The topological polar surface area (TPSA) is 12.0 Å². The number of rotatable bonds is 3. The fourth-order valence-electron chi connectivity index (χ4n) is 5.98. The number of fused-ring (bicyclic) bond motifs is 5. The van der Waals surface area contributed by atoms with Crippen LogP contribution in [0.15, 0.2) is 121 Å². The molecule has 1 aliphatic rings. The summed E-state index contributed by atoms with van der Waals surface area (Å²) in [5.41, 5.74) is 10.2. The smallest absolute Gasteiger partial charge is 0.0470 e. The Balaban J connectivity index is 1.39. The first-order valence-electron chi connectivity index (χ1n) is 12.6. The quantitative estimate of drug-likeness (QED) is 0.276. The van der Waals surface area contributed by atoms with E-state index >= 15 is 0 Å². The van der Waals surface area contributed by atoms with E-state index in [9.17, 15) is 0 Å². The molecule has 36 heavy (non-hydrogen) atoms. The van der Waals surface area contributed by atoms with Gasteiger partial charge in [-0.25, -0.2) is 0 Å². The van der Waals surface area contributed by atoms with E-state index in [4.69, 9.17) is 0 Å². The van der Waals surface area contributed by atoms with Crippen molar-refractivity contribution in [3.05, 3.63) is 132 Å². The zero-order chi connectivity index (χ0) is 24.3. The summed E-state index contributed by atoms with van der Waals surface area (Å²) in [5, 5.41) is 8.82. The lowest BCUT2D eigenvalue weighted by Gasteiger charge is -2.21. The standard InChI is InChI=1S/C35H27N/c1-35(2)31-14-8-7-13-29(31)30-22-27(18-19-32(30)35)36-33-20-17-24-10-5-6-12-28(24)34(33)26-16-15-23-9-3-4-11-25(23)21-26/h3-22,36H,1-2H3. The molecular weight excluding hydrogens is 434 g/mol. The van der Waals surface area contributed by atoms with Crippen LogP contribution in [-0.4, -0.2) is 0 Å². The number of anilines is 2. The van der Waals surface area contributed by atoms with Crippen molar-refractivity contribution in [3.8, 4) is 22.3 Å². The van der Waals surface area contributed by atoms with Crippen LogP contribution in [0.2, 0.25) is 0 Å². The Morgan fingerprint density at radius 1 is 0.528 bits per heavy atom. The Labute approximate surface area is 212 Å². The van der Waals surface area contributed by atoms with E-state index in [2.05, 4.69) is 140 Å². The predicted octanol–water partition coefficient (Wildman–Crippen LogP) is 9.71. The van der Waals surface area contributed by atoms with Gasteiger partial charge in [-0.3, -0.25) is 0 Å². The van der Waals surface area contributed by atoms with E-state index in [0.29, 0.717) is 0 Å². The summed E-state index contributed by atoms with van der Waals surface area (Å²) >= 11 is 0. The summed E-state index contributed by atoms with van der Waals surface area (Å²) in [6, 6.07) is 44.1. The highest BCUT2D eigenvalue weighted by Crippen LogP contribution is 2.49. The van der Waals surface area contributed by atoms with Gasteiger partial charge < -0.3 is 5.32 Å². The Morgan fingerprint density at radius 3 is 2.11 bits per heavy atom. The third-order valence-electron chi connectivity index (χ3n) is 7.83. The maximum Gasteiger partial charge on any atom is 0.0470 e. The third kappa shape index (κ3) is 3.17. The SMILES string of the molecule is CC1(C)c2ccccc2-c2cc(Nc3ccc4ccccc4c3-c3ccc4ccccc4c3)ccc21. The average Bonchev–Trinajstić information content (AvgIpc) is 3.14. The zero-order valence-corrected chi connectivity index (χ0v) is 20.5. The predicted molar refractivity (Wildman–Crippen MR) is 154 cm³/mol. The Kier molecular flexibility index (Phi) is 4.56. The van der Waals surface area contributed by atoms with Crippen LogP contribution in [0, 0.1) is 0 Å². The van der Waals surface area contributed by atoms with Gasteiger partial charge in [0.1, 0.15) is 0 Å². The minimum Gasteiger partial charge on any atom is -0.355 e. The molecule has 0 unspecified atom stereocenters. The van der Waals surface area contributed by atoms with Crippen molar-refractivity contribution in [3.63, 3.8) is 0 Å². The van der Waals surface area contributed by atoms with Crippen LogP contribution in [0.25, 0.3) is 43.8 Å². The van der Waals surface area contributed by atoms with Gasteiger partial charge in [0.05, 0.1) is 0 Å². The van der Waals surface area contributed by atoms with Crippen LogP contribution in [0.3, 0.4) is 0 Å². The summed E-state index contributed by atoms with van der Waals surface area (Å²) in [4.78, 5) is 0. The summed E-state index contributed by atoms with van der Waals surface area (Å²) in [6.07, 6.45) is 0. The Hall–Kier alpha value is -4.36. The maximum absolute atomic E-state index is 3.80. The molecular formula is C35H27N. The second kappa shape index (κ2) is 7.83. The summed E-state index contributed by atoms with van der Waals surface area (Å²) in [7, 11) is 0. The molecule has 6 aromatic rings. The van der Waals surface area contributed by atoms with E-state index in [1.807, 2.05) is 0 Å². The van der Waals surface area contributed by atoms with Crippen molar-refractivity contribution >= 4 is 32.9 Å². The molecule has 1 N–H and O–H groups in total. The average molecular weight is 462 g/mol. The first-order chi connectivity index (χ1) is 17.6. The molecule has 0 spiro atoms. The van der Waals surface area contributed by atoms with Crippen LogP contribution in [0.1, 0.15) is 25.0 Å². The van der Waals surface area contributed by atoms with E-state index in [1.165, 1.54) is 54.9 Å². The summed E-state index contributed by atoms with van der Waals surface area (Å²) in [6.45, 7) is 4.65. The van der Waals surface area contributed by atoms with Gasteiger partial charge in [0.15, 0.2) is 0 Å². The second-order valence-corrected chi connectivity index (χ2v) is 10.3. The minimum atomic E-state index is 0.0175. The van der Waals surface area contributed by atoms with Crippen LogP contribution in [0.5, 0.6) is 0 Å². The van der Waals surface area contributed by atoms with Crippen LogP contribution in [0.4, 0.5) is 11.4 Å². The van der Waals surface area contributed by atoms with Gasteiger partial charge in [-0.15, -0.1) is 0 Å². The molecule has 6 aromatic carbocycles. The molecule has 0 aromatic heterocycles. The molecule has 0 radical (unpaired) electrons. The van der Waals surface area contributed by atoms with E-state index in [-0.39, 0.29) is 5.41 Å². The molecule has 1 aliphatic carbocycles. The van der Waals surface area contributed by atoms with Crippen molar-refractivity contribution < 1.29 is 0 Å². The van der Waals surface area contributed by atoms with Crippen LogP contribution in [-0.2, 0) is 5.41 Å². The number of nitrogens with one attached hydrogen (secondary N) is 1. The number of benzene rings is 6. The molecule has 0 heterocycles. The van der Waals surface area contributed by atoms with Gasteiger partial charge in [0.25, 0.3) is 0 Å². The lowest BCUT2D eigenvalue weighted by Crippen LogP contribution is -2.14. The Bertz CT molecular complexity index is 1790. The van der Waals surface area contributed by atoms with Crippen molar-refractivity contribution in [2.45, 2.75) is 19.3 Å². The minimum absolute atomic E-state index is 0.0175. The molecule has 0 atom stereocenters. The molecule has 0 saturated heterocycles. The molecule has 1 nitrogen and oxygen atoms in total. The highest BCUT2D eigenvalue weighted by Gasteiger charge is 2.35. The van der Waals surface area contributed by atoms with Crippen molar-refractivity contribution in [2.24, 2.45) is 0 Å². The molecule has 0 fully saturated rings. The molecule has 7 rings (SSSR count). The number of hydrogen-bond acceptors (Lipinski definition) is 1. The summed E-state index contributed by atoms with van der Waals surface area (Å²) < 4.78 is 0. The monoisotopic (exact) mass is 461 g/mol. The van der Waals surface area contributed by atoms with Gasteiger partial charge in [-0.2, -0.15) is 0 Å². The fourth-order valence-corrected chi connectivity index (χ4v) is 5.98. The van der Waals surface area contributed by atoms with E-state index in [0.717, 1.165) is 11.4 Å². The lowest BCUT2D eigenvalue weighted by molar-refractivity contribution is 0.660. The first kappa shape index (κ1) is 21.0. The molecule has 1 heteroatoms. The van der Waals surface area contributed by atoms with Gasteiger partial charge in [-0.1, -0.05) is 111 Å². The Morgan fingerprint density at radius 2 is 1.22 bits per heavy atom. The van der Waals surface area contributed by atoms with Crippen molar-refractivity contribution in [1.29, 1.82) is 0 Å². The van der Waals surface area contributed by atoms with Crippen LogP contribution < -0.4 is 5.32 Å². The normalized spacial score (nSPS) is 13.5. The molecule has 0 saturated carbocycles. The van der Waals surface area contributed by atoms with Gasteiger partial charge in [-0.05, 0) is 73.6 Å². The second-order valence-electron chi connectivity index (χ2n) is 10.3. The first-order valence-corrected chi connectivity index (χ1v) is 12.6. The molecule has 0 bridgehead atoms. The highest BCUT2D eigenvalue weighted by atomic mass is 14.9. The van der Waals surface area contributed by atoms with E-state index in [1.54, 1.807) is 0 Å². The third-order valence-corrected chi connectivity index (χ3v) is 7.83. The van der Waals surface area contributed by atoms with Crippen molar-refractivity contribution in [2.75, 3.05) is 5.32 Å². The largest absolute Gasteiger partial charge is 0.355 e. The number of hydrogen-bond donors (Lipinski definition) is 1. The van der Waals surface area contributed by atoms with Crippen molar-refractivity contribution in [1.82, 2.24) is 0 Å². The van der Waals surface area contributed by atoms with E-state index < -0.39 is 0 Å². The molecule has 0 aliphatic heterocycles. The fraction of sp³-hybridized carbons (Fsp3) is 0.0857. The molecule has 0 amide bonds. The van der Waals surface area contributed by atoms with Gasteiger partial charge in [0, 0.05) is 22.4 Å². The lowest BCUT2D eigenvalue weighted by atomic mass is 9.82.